The number of benzene rings is 2. The number of halogens is 14. The SMILES string of the molecule is Cc1ccnc(-c2cc(C(F)(F)F)ccn2)c1.Cc1cnc(-c2cc(C(F)(F)F)c(C(F)(F)F)cn2)cc1C.Cc1cnc2c(ccc3c(C)c(C(F)(F)F)cnc32)c1C.Fc1cnc2c(ccc3cc(F)cnc32)c1. The van der Waals surface area contributed by atoms with Gasteiger partial charge in [0, 0.05) is 58.7 Å². The summed E-state index contributed by atoms with van der Waals surface area (Å²) in [4.78, 5) is 31.6. The van der Waals surface area contributed by atoms with Gasteiger partial charge in [-0.15, -0.1) is 0 Å². The second-order valence-electron chi connectivity index (χ2n) is 17.1. The summed E-state index contributed by atoms with van der Waals surface area (Å²) in [6.45, 7) is 10.7. The summed E-state index contributed by atoms with van der Waals surface area (Å²) < 4.78 is 179. The van der Waals surface area contributed by atoms with Crippen LogP contribution in [0, 0.1) is 53.2 Å². The van der Waals surface area contributed by atoms with E-state index in [1.54, 1.807) is 56.6 Å². The molecular formula is C54H38F14N8. The molecule has 0 aliphatic carbocycles. The maximum Gasteiger partial charge on any atom is 0.418 e. The summed E-state index contributed by atoms with van der Waals surface area (Å²) >= 11 is 0. The molecule has 0 saturated carbocycles. The van der Waals surface area contributed by atoms with E-state index in [-0.39, 0.29) is 28.8 Å². The average Bonchev–Trinajstić information content (AvgIpc) is 3.35. The zero-order chi connectivity index (χ0) is 55.7. The van der Waals surface area contributed by atoms with Crippen LogP contribution < -0.4 is 0 Å². The van der Waals surface area contributed by atoms with Crippen molar-refractivity contribution >= 4 is 43.6 Å². The maximum absolute atomic E-state index is 13.0. The molecule has 0 fully saturated rings. The molecule has 0 bridgehead atoms. The number of hydrogen-bond donors (Lipinski definition) is 0. The average molecular weight is 1060 g/mol. The zero-order valence-electron chi connectivity index (χ0n) is 40.4. The molecule has 0 amide bonds. The third-order valence-electron chi connectivity index (χ3n) is 11.8. The van der Waals surface area contributed by atoms with E-state index in [1.165, 1.54) is 31.3 Å². The van der Waals surface area contributed by atoms with E-state index < -0.39 is 58.6 Å². The first kappa shape index (κ1) is 55.5. The Labute approximate surface area is 422 Å². The van der Waals surface area contributed by atoms with Crippen LogP contribution in [0.25, 0.3) is 66.4 Å². The van der Waals surface area contributed by atoms with Crippen LogP contribution in [0.4, 0.5) is 61.5 Å². The van der Waals surface area contributed by atoms with Crippen molar-refractivity contribution in [2.24, 2.45) is 0 Å². The lowest BCUT2D eigenvalue weighted by Gasteiger charge is -2.16. The van der Waals surface area contributed by atoms with Gasteiger partial charge >= 0.3 is 24.7 Å². The zero-order valence-corrected chi connectivity index (χ0v) is 40.4. The van der Waals surface area contributed by atoms with Crippen LogP contribution in [-0.4, -0.2) is 39.9 Å². The maximum atomic E-state index is 13.0. The van der Waals surface area contributed by atoms with Gasteiger partial charge in [-0.25, -0.2) is 8.78 Å². The number of fused-ring (bicyclic) bond motifs is 6. The van der Waals surface area contributed by atoms with Crippen molar-refractivity contribution < 1.29 is 61.5 Å². The molecule has 0 aliphatic rings. The minimum absolute atomic E-state index is 0.0855. The van der Waals surface area contributed by atoms with Crippen molar-refractivity contribution in [1.29, 1.82) is 0 Å². The van der Waals surface area contributed by atoms with Crippen LogP contribution in [0.2, 0.25) is 0 Å². The highest BCUT2D eigenvalue weighted by Crippen LogP contribution is 2.42. The van der Waals surface area contributed by atoms with Gasteiger partial charge in [0.25, 0.3) is 0 Å². The fourth-order valence-electron chi connectivity index (χ4n) is 7.56. The van der Waals surface area contributed by atoms with Crippen molar-refractivity contribution in [3.05, 3.63) is 190 Å². The number of rotatable bonds is 2. The van der Waals surface area contributed by atoms with Crippen LogP contribution in [0.15, 0.2) is 122 Å². The molecule has 0 aliphatic heterocycles. The summed E-state index contributed by atoms with van der Waals surface area (Å²) in [5, 5.41) is 2.74. The molecule has 2 aromatic carbocycles. The first-order valence-electron chi connectivity index (χ1n) is 22.3. The van der Waals surface area contributed by atoms with Crippen LogP contribution in [0.3, 0.4) is 0 Å². The highest BCUT2D eigenvalue weighted by atomic mass is 19.4. The van der Waals surface area contributed by atoms with Crippen molar-refractivity contribution in [3.8, 4) is 22.8 Å². The van der Waals surface area contributed by atoms with Crippen molar-refractivity contribution in [2.75, 3.05) is 0 Å². The topological polar surface area (TPSA) is 103 Å². The van der Waals surface area contributed by atoms with Gasteiger partial charge in [-0.3, -0.25) is 39.9 Å². The molecule has 8 nitrogen and oxygen atoms in total. The number of pyridine rings is 8. The van der Waals surface area contributed by atoms with Gasteiger partial charge in [0.2, 0.25) is 0 Å². The molecule has 392 valence electrons. The Morgan fingerprint density at radius 1 is 0.329 bits per heavy atom. The van der Waals surface area contributed by atoms with E-state index in [9.17, 15) is 61.5 Å². The monoisotopic (exact) mass is 1060 g/mol. The smallest absolute Gasteiger partial charge is 0.255 e. The molecule has 8 heterocycles. The van der Waals surface area contributed by atoms with Gasteiger partial charge in [0.1, 0.15) is 11.6 Å². The van der Waals surface area contributed by atoms with Crippen LogP contribution in [0.1, 0.15) is 55.6 Å². The summed E-state index contributed by atoms with van der Waals surface area (Å²) in [5.74, 6) is -0.789. The lowest BCUT2D eigenvalue weighted by molar-refractivity contribution is -0.162. The molecule has 8 aromatic heterocycles. The third kappa shape index (κ3) is 12.6. The summed E-state index contributed by atoms with van der Waals surface area (Å²) in [6.07, 6.45) is -9.83. The Morgan fingerprint density at radius 3 is 1.30 bits per heavy atom. The van der Waals surface area contributed by atoms with E-state index in [1.807, 2.05) is 26.8 Å². The number of nitrogens with zero attached hydrogens (tertiary/aromatic N) is 8. The predicted molar refractivity (Wildman–Crippen MR) is 257 cm³/mol. The standard InChI is InChI=1S/C16H13F3N2.C14H10F6N2.C12H9F3N2.C12H6F2N2/c1-8-6-20-14-11(9(8)2)4-5-12-10(3)13(16(17,18)19)7-21-15(12)14;1-7-3-11(21-5-8(7)2)12-4-9(13(15,16)17)10(6-22-12)14(18,19)20;1-8-2-4-16-10(6-8)11-7-9(3-5-17-11)12(13,14)15;13-9-3-7-1-2-8-4-10(14)6-16-12(8)11(7)15-5-9/h4-7H,1-3H3;3-6H,1-2H3;2-7H,1H3;1-6H. The Kier molecular flexibility index (Phi) is 15.7. The highest BCUT2D eigenvalue weighted by Gasteiger charge is 2.44. The normalized spacial score (nSPS) is 11.9. The van der Waals surface area contributed by atoms with Gasteiger partial charge in [0.15, 0.2) is 0 Å². The Hall–Kier alpha value is -8.30. The van der Waals surface area contributed by atoms with Gasteiger partial charge < -0.3 is 0 Å². The quantitative estimate of drug-likeness (QED) is 0.125. The van der Waals surface area contributed by atoms with Crippen LogP contribution in [0.5, 0.6) is 0 Å². The lowest BCUT2D eigenvalue weighted by atomic mass is 9.99. The Morgan fingerprint density at radius 2 is 0.776 bits per heavy atom. The summed E-state index contributed by atoms with van der Waals surface area (Å²) in [5.41, 5.74) is 2.61. The molecule has 0 atom stereocenters. The van der Waals surface area contributed by atoms with Gasteiger partial charge in [-0.2, -0.15) is 52.7 Å². The molecule has 0 unspecified atom stereocenters. The minimum atomic E-state index is -5.14. The number of aryl methyl sites for hydroxylation is 6. The second kappa shape index (κ2) is 21.5. The largest absolute Gasteiger partial charge is 0.418 e. The van der Waals surface area contributed by atoms with Gasteiger partial charge in [-0.1, -0.05) is 24.3 Å². The molecule has 22 heteroatoms. The number of hydrogen-bond acceptors (Lipinski definition) is 8. The first-order chi connectivity index (χ1) is 35.5. The summed E-state index contributed by atoms with van der Waals surface area (Å²) in [7, 11) is 0. The number of aromatic nitrogens is 8. The molecule has 0 radical (unpaired) electrons. The predicted octanol–water partition coefficient (Wildman–Crippen LogP) is 16.1. The van der Waals surface area contributed by atoms with E-state index in [0.717, 1.165) is 70.1 Å². The van der Waals surface area contributed by atoms with Crippen LogP contribution in [-0.2, 0) is 24.7 Å². The van der Waals surface area contributed by atoms with Gasteiger partial charge in [0.05, 0.1) is 79.5 Å². The lowest BCUT2D eigenvalue weighted by Crippen LogP contribution is -2.17. The molecular weight excluding hydrogens is 1030 g/mol. The van der Waals surface area contributed by atoms with E-state index >= 15 is 0 Å². The van der Waals surface area contributed by atoms with Gasteiger partial charge in [-0.05, 0) is 123 Å². The van der Waals surface area contributed by atoms with Crippen molar-refractivity contribution in [1.82, 2.24) is 39.9 Å². The second-order valence-corrected chi connectivity index (χ2v) is 17.1. The minimum Gasteiger partial charge on any atom is -0.255 e. The Balaban J connectivity index is 0.000000149. The van der Waals surface area contributed by atoms with E-state index in [0.29, 0.717) is 50.0 Å². The molecule has 0 saturated heterocycles. The van der Waals surface area contributed by atoms with E-state index in [4.69, 9.17) is 0 Å². The number of alkyl halides is 12. The van der Waals surface area contributed by atoms with E-state index in [2.05, 4.69) is 39.9 Å². The molecule has 76 heavy (non-hydrogen) atoms. The fourth-order valence-corrected chi connectivity index (χ4v) is 7.56. The van der Waals surface area contributed by atoms with Crippen molar-refractivity contribution in [3.63, 3.8) is 0 Å². The molecule has 10 aromatic rings. The summed E-state index contributed by atoms with van der Waals surface area (Å²) in [6, 6.07) is 17.0. The molecule has 10 rings (SSSR count). The Bertz CT molecular complexity index is 3720. The fraction of sp³-hybridized carbons (Fsp3) is 0.185. The third-order valence-corrected chi connectivity index (χ3v) is 11.8. The first-order valence-corrected chi connectivity index (χ1v) is 22.3. The highest BCUT2D eigenvalue weighted by molar-refractivity contribution is 6.05. The van der Waals surface area contributed by atoms with Crippen molar-refractivity contribution in [2.45, 2.75) is 66.2 Å². The van der Waals surface area contributed by atoms with Crippen LogP contribution >= 0.6 is 0 Å². The molecule has 0 spiro atoms. The molecule has 0 N–H and O–H groups in total.